The van der Waals surface area contributed by atoms with E-state index in [1.807, 2.05) is 0 Å². The van der Waals surface area contributed by atoms with E-state index in [0.29, 0.717) is 19.3 Å². The average molecular weight is 445 g/mol. The number of hydrogen-bond acceptors (Lipinski definition) is 7. The highest BCUT2D eigenvalue weighted by Crippen LogP contribution is 2.69. The van der Waals surface area contributed by atoms with Crippen molar-refractivity contribution in [3.8, 4) is 0 Å². The Morgan fingerprint density at radius 1 is 1.22 bits per heavy atom. The number of carbonyl (C=O) groups is 3. The van der Waals surface area contributed by atoms with E-state index in [2.05, 4.69) is 24.8 Å². The smallest absolute Gasteiger partial charge is 0.306 e. The monoisotopic (exact) mass is 444 g/mol. The SMILES string of the molecule is COC(OO)C(=O)[C@@H]1CC2=CC(=O)CC[C@]2(C)C2=CC[C@@]3(C)[C@@H](CC[C@@]34CCC(=O)O4)[C@@H]21. The molecule has 32 heavy (non-hydrogen) atoms. The first-order valence-electron chi connectivity index (χ1n) is 11.7. The van der Waals surface area contributed by atoms with Crippen LogP contribution >= 0.6 is 0 Å². The molecule has 1 N–H and O–H groups in total. The van der Waals surface area contributed by atoms with E-state index in [4.69, 9.17) is 9.47 Å². The molecule has 3 fully saturated rings. The Hall–Kier alpha value is -1.83. The molecule has 1 heterocycles. The topological polar surface area (TPSA) is 99.1 Å². The Bertz CT molecular complexity index is 931. The second-order valence-corrected chi connectivity index (χ2v) is 10.8. The van der Waals surface area contributed by atoms with Crippen LogP contribution in [-0.4, -0.2) is 41.8 Å². The fraction of sp³-hybridized carbons (Fsp3) is 0.720. The van der Waals surface area contributed by atoms with Crippen LogP contribution in [0.3, 0.4) is 0 Å². The van der Waals surface area contributed by atoms with Crippen LogP contribution in [0.15, 0.2) is 23.3 Å². The number of Topliss-reactive ketones (excluding diaryl/α,β-unsaturated/α-hetero) is 1. The maximum absolute atomic E-state index is 13.5. The predicted octanol–water partition coefficient (Wildman–Crippen LogP) is 3.77. The van der Waals surface area contributed by atoms with Gasteiger partial charge in [0.15, 0.2) is 11.6 Å². The summed E-state index contributed by atoms with van der Waals surface area (Å²) < 4.78 is 11.1. The second-order valence-electron chi connectivity index (χ2n) is 10.8. The molecule has 7 heteroatoms. The van der Waals surface area contributed by atoms with Crippen LogP contribution in [0.4, 0.5) is 0 Å². The predicted molar refractivity (Wildman–Crippen MR) is 113 cm³/mol. The van der Waals surface area contributed by atoms with Crippen molar-refractivity contribution >= 4 is 17.5 Å². The van der Waals surface area contributed by atoms with Crippen LogP contribution in [0, 0.1) is 28.6 Å². The van der Waals surface area contributed by atoms with Gasteiger partial charge in [-0.15, -0.1) is 0 Å². The van der Waals surface area contributed by atoms with Gasteiger partial charge in [0.05, 0.1) is 0 Å². The minimum atomic E-state index is -1.36. The van der Waals surface area contributed by atoms with Crippen LogP contribution in [0.1, 0.15) is 65.2 Å². The molecule has 1 spiro atoms. The first kappa shape index (κ1) is 22.0. The summed E-state index contributed by atoms with van der Waals surface area (Å²) in [6.07, 6.45) is 7.98. The Morgan fingerprint density at radius 2 is 2.00 bits per heavy atom. The summed E-state index contributed by atoms with van der Waals surface area (Å²) >= 11 is 0. The molecule has 174 valence electrons. The summed E-state index contributed by atoms with van der Waals surface area (Å²) in [7, 11) is 1.33. The Kier molecular flexibility index (Phi) is 5.04. The largest absolute Gasteiger partial charge is 0.458 e. The van der Waals surface area contributed by atoms with Crippen molar-refractivity contribution in [2.75, 3.05) is 7.11 Å². The zero-order chi connectivity index (χ0) is 22.9. The minimum absolute atomic E-state index is 0.0666. The van der Waals surface area contributed by atoms with Gasteiger partial charge in [-0.3, -0.25) is 14.4 Å². The molecule has 7 atom stereocenters. The van der Waals surface area contributed by atoms with Gasteiger partial charge in [-0.25, -0.2) is 5.26 Å². The molecule has 1 saturated heterocycles. The highest BCUT2D eigenvalue weighted by atomic mass is 17.1. The third-order valence-electron chi connectivity index (χ3n) is 9.63. The van der Waals surface area contributed by atoms with E-state index in [1.165, 1.54) is 12.7 Å². The Balaban J connectivity index is 1.62. The molecule has 4 aliphatic carbocycles. The summed E-state index contributed by atoms with van der Waals surface area (Å²) in [6.45, 7) is 4.41. The molecular weight excluding hydrogens is 412 g/mol. The number of methoxy groups -OCH3 is 1. The standard InChI is InChI=1S/C25H32O7/c1-23-8-4-15(26)12-14(23)13-16(21(28)22(30-3)32-29)20-17(23)5-9-24(2)18(20)6-10-25(24)11-7-19(27)31-25/h5,12,16,18,20,22,29H,4,6-11,13H2,1-3H3/t16-,18+,20-,22?,23+,24+,25-/m1/s1. The molecule has 2 saturated carbocycles. The van der Waals surface area contributed by atoms with Crippen LogP contribution in [0.5, 0.6) is 0 Å². The van der Waals surface area contributed by atoms with E-state index in [0.717, 1.165) is 37.7 Å². The van der Waals surface area contributed by atoms with Crippen LogP contribution in [-0.2, 0) is 28.7 Å². The number of ether oxygens (including phenoxy) is 2. The number of fused-ring (bicyclic) bond motifs is 6. The highest BCUT2D eigenvalue weighted by molar-refractivity contribution is 5.93. The fourth-order valence-corrected chi connectivity index (χ4v) is 7.81. The van der Waals surface area contributed by atoms with Crippen LogP contribution in [0.2, 0.25) is 0 Å². The summed E-state index contributed by atoms with van der Waals surface area (Å²) in [6, 6.07) is 0. The summed E-state index contributed by atoms with van der Waals surface area (Å²) in [4.78, 5) is 42.3. The molecular formula is C25H32O7. The summed E-state index contributed by atoms with van der Waals surface area (Å²) in [5, 5.41) is 9.30. The van der Waals surface area contributed by atoms with E-state index in [1.54, 1.807) is 6.08 Å². The van der Waals surface area contributed by atoms with Crippen molar-refractivity contribution in [3.05, 3.63) is 23.3 Å². The lowest BCUT2D eigenvalue weighted by Gasteiger charge is -2.57. The lowest BCUT2D eigenvalue weighted by Crippen LogP contribution is -2.54. The molecule has 0 amide bonds. The highest BCUT2D eigenvalue weighted by Gasteiger charge is 2.67. The molecule has 5 aliphatic rings. The van der Waals surface area contributed by atoms with Crippen molar-refractivity contribution in [2.24, 2.45) is 28.6 Å². The van der Waals surface area contributed by atoms with Gasteiger partial charge in [0.25, 0.3) is 0 Å². The average Bonchev–Trinajstić information content (AvgIpc) is 3.29. The fourth-order valence-electron chi connectivity index (χ4n) is 7.81. The quantitative estimate of drug-likeness (QED) is 0.232. The van der Waals surface area contributed by atoms with Gasteiger partial charge in [-0.2, -0.15) is 4.89 Å². The van der Waals surface area contributed by atoms with Gasteiger partial charge < -0.3 is 9.47 Å². The first-order valence-corrected chi connectivity index (χ1v) is 11.7. The molecule has 0 radical (unpaired) electrons. The number of hydrogen-bond donors (Lipinski definition) is 1. The third kappa shape index (κ3) is 2.80. The van der Waals surface area contributed by atoms with Crippen LogP contribution < -0.4 is 0 Å². The summed E-state index contributed by atoms with van der Waals surface area (Å²) in [5.74, 6) is -0.713. The zero-order valence-electron chi connectivity index (χ0n) is 19.0. The number of rotatable bonds is 4. The van der Waals surface area contributed by atoms with Crippen molar-refractivity contribution < 1.29 is 34.0 Å². The Labute approximate surface area is 188 Å². The molecule has 0 aromatic carbocycles. The maximum Gasteiger partial charge on any atom is 0.306 e. The lowest BCUT2D eigenvalue weighted by molar-refractivity contribution is -0.328. The van der Waals surface area contributed by atoms with Crippen molar-refractivity contribution in [1.29, 1.82) is 0 Å². The molecule has 7 nitrogen and oxygen atoms in total. The molecule has 1 unspecified atom stereocenters. The van der Waals surface area contributed by atoms with Gasteiger partial charge in [0.1, 0.15) is 5.60 Å². The molecule has 1 aliphatic heterocycles. The van der Waals surface area contributed by atoms with Crippen molar-refractivity contribution in [1.82, 2.24) is 0 Å². The van der Waals surface area contributed by atoms with E-state index >= 15 is 0 Å². The lowest BCUT2D eigenvalue weighted by atomic mass is 9.47. The molecule has 0 aromatic heterocycles. The van der Waals surface area contributed by atoms with Gasteiger partial charge in [0, 0.05) is 36.7 Å². The number of esters is 1. The van der Waals surface area contributed by atoms with Gasteiger partial charge in [-0.05, 0) is 56.4 Å². The van der Waals surface area contributed by atoms with Gasteiger partial charge >= 0.3 is 5.97 Å². The zero-order valence-corrected chi connectivity index (χ0v) is 19.0. The van der Waals surface area contributed by atoms with Gasteiger partial charge in [0.2, 0.25) is 6.29 Å². The normalized spacial score (nSPS) is 43.7. The number of ketones is 2. The minimum Gasteiger partial charge on any atom is -0.458 e. The molecule has 5 rings (SSSR count). The molecule has 0 bridgehead atoms. The number of allylic oxidation sites excluding steroid dienone is 4. The third-order valence-corrected chi connectivity index (χ3v) is 9.63. The van der Waals surface area contributed by atoms with E-state index in [9.17, 15) is 19.6 Å². The van der Waals surface area contributed by atoms with E-state index in [-0.39, 0.29) is 40.2 Å². The first-order chi connectivity index (χ1) is 15.2. The second kappa shape index (κ2) is 7.34. The van der Waals surface area contributed by atoms with Crippen LogP contribution in [0.25, 0.3) is 0 Å². The van der Waals surface area contributed by atoms with E-state index < -0.39 is 17.8 Å². The van der Waals surface area contributed by atoms with Crippen molar-refractivity contribution in [3.63, 3.8) is 0 Å². The maximum atomic E-state index is 13.5. The van der Waals surface area contributed by atoms with Gasteiger partial charge in [-0.1, -0.05) is 31.1 Å². The van der Waals surface area contributed by atoms with Crippen molar-refractivity contribution in [2.45, 2.75) is 77.1 Å². The molecule has 0 aromatic rings. The Morgan fingerprint density at radius 3 is 2.66 bits per heavy atom. The summed E-state index contributed by atoms with van der Waals surface area (Å²) in [5.41, 5.74) is 1.24. The number of carbonyl (C=O) groups excluding carboxylic acids is 3.